The van der Waals surface area contributed by atoms with Crippen LogP contribution in [0.15, 0.2) is 4.52 Å². The third-order valence-corrected chi connectivity index (χ3v) is 4.14. The van der Waals surface area contributed by atoms with Crippen LogP contribution >= 0.6 is 0 Å². The standard InChI is InChI=1S/C16H31N3O2/c1-7-11-17-13(8-2)12(5)14-18-15(19-21-14)16(6,9-3)20-10-4/h12-13,17H,7-11H2,1-6H3. The summed E-state index contributed by atoms with van der Waals surface area (Å²) < 4.78 is 11.3. The Hall–Kier alpha value is -0.940. The van der Waals surface area contributed by atoms with Crippen molar-refractivity contribution in [3.63, 3.8) is 0 Å². The first-order chi connectivity index (χ1) is 10.0. The number of nitrogens with zero attached hydrogens (tertiary/aromatic N) is 2. The van der Waals surface area contributed by atoms with Crippen LogP contribution in [0.3, 0.4) is 0 Å². The number of rotatable bonds is 10. The van der Waals surface area contributed by atoms with Gasteiger partial charge in [-0.1, -0.05) is 32.9 Å². The lowest BCUT2D eigenvalue weighted by Gasteiger charge is -2.24. The number of hydrogen-bond donors (Lipinski definition) is 1. The fourth-order valence-electron chi connectivity index (χ4n) is 2.45. The van der Waals surface area contributed by atoms with E-state index in [1.165, 1.54) is 0 Å². The lowest BCUT2D eigenvalue weighted by molar-refractivity contribution is -0.0403. The van der Waals surface area contributed by atoms with Crippen molar-refractivity contribution in [2.75, 3.05) is 13.2 Å². The average molecular weight is 297 g/mol. The van der Waals surface area contributed by atoms with Gasteiger partial charge in [0.05, 0.1) is 5.92 Å². The molecule has 1 aromatic heterocycles. The zero-order valence-corrected chi connectivity index (χ0v) is 14.4. The Morgan fingerprint density at radius 2 is 2.00 bits per heavy atom. The first kappa shape index (κ1) is 18.1. The van der Waals surface area contributed by atoms with E-state index in [0.717, 1.165) is 25.8 Å². The van der Waals surface area contributed by atoms with Crippen molar-refractivity contribution in [1.29, 1.82) is 0 Å². The molecule has 0 spiro atoms. The molecule has 1 rings (SSSR count). The van der Waals surface area contributed by atoms with E-state index in [2.05, 4.69) is 43.2 Å². The highest BCUT2D eigenvalue weighted by Gasteiger charge is 2.32. The molecule has 0 aliphatic heterocycles. The fourth-order valence-corrected chi connectivity index (χ4v) is 2.45. The average Bonchev–Trinajstić information content (AvgIpc) is 2.98. The van der Waals surface area contributed by atoms with Crippen molar-refractivity contribution in [2.45, 2.75) is 78.4 Å². The molecule has 21 heavy (non-hydrogen) atoms. The minimum atomic E-state index is -0.464. The van der Waals surface area contributed by atoms with Crippen molar-refractivity contribution >= 4 is 0 Å². The van der Waals surface area contributed by atoms with Crippen molar-refractivity contribution < 1.29 is 9.26 Å². The first-order valence-electron chi connectivity index (χ1n) is 8.23. The van der Waals surface area contributed by atoms with Gasteiger partial charge in [-0.25, -0.2) is 0 Å². The lowest BCUT2D eigenvalue weighted by Crippen LogP contribution is -2.34. The summed E-state index contributed by atoms with van der Waals surface area (Å²) in [6, 6.07) is 0.359. The Morgan fingerprint density at radius 3 is 2.52 bits per heavy atom. The number of nitrogens with one attached hydrogen (secondary N) is 1. The molecule has 3 atom stereocenters. The Labute approximate surface area is 128 Å². The third-order valence-electron chi connectivity index (χ3n) is 4.14. The molecule has 0 saturated carbocycles. The van der Waals surface area contributed by atoms with Gasteiger partial charge in [0.25, 0.3) is 0 Å². The van der Waals surface area contributed by atoms with Crippen LogP contribution in [0.5, 0.6) is 0 Å². The van der Waals surface area contributed by atoms with Crippen LogP contribution in [0, 0.1) is 0 Å². The quantitative estimate of drug-likeness (QED) is 0.715. The monoisotopic (exact) mass is 297 g/mol. The summed E-state index contributed by atoms with van der Waals surface area (Å²) in [6.45, 7) is 14.2. The molecule has 1 heterocycles. The van der Waals surface area contributed by atoms with E-state index in [4.69, 9.17) is 9.26 Å². The molecule has 0 fully saturated rings. The molecule has 0 aromatic carbocycles. The molecule has 1 N–H and O–H groups in total. The van der Waals surface area contributed by atoms with Crippen molar-refractivity contribution in [3.8, 4) is 0 Å². The van der Waals surface area contributed by atoms with Gasteiger partial charge in [-0.05, 0) is 39.7 Å². The van der Waals surface area contributed by atoms with Crippen molar-refractivity contribution in [1.82, 2.24) is 15.5 Å². The van der Waals surface area contributed by atoms with Crippen LogP contribution in [0.4, 0.5) is 0 Å². The zero-order chi connectivity index (χ0) is 15.9. The molecule has 1 aromatic rings. The predicted molar refractivity (Wildman–Crippen MR) is 84.4 cm³/mol. The predicted octanol–water partition coefficient (Wildman–Crippen LogP) is 3.61. The molecule has 3 unspecified atom stereocenters. The maximum absolute atomic E-state index is 5.81. The topological polar surface area (TPSA) is 60.2 Å². The molecular formula is C16H31N3O2. The first-order valence-corrected chi connectivity index (χ1v) is 8.23. The van der Waals surface area contributed by atoms with Crippen LogP contribution in [0.1, 0.15) is 78.4 Å². The summed E-state index contributed by atoms with van der Waals surface area (Å²) in [4.78, 5) is 4.61. The smallest absolute Gasteiger partial charge is 0.231 e. The Balaban J connectivity index is 2.85. The Kier molecular flexibility index (Phi) is 7.32. The molecule has 122 valence electrons. The van der Waals surface area contributed by atoms with Crippen LogP contribution in [0.2, 0.25) is 0 Å². The molecule has 0 radical (unpaired) electrons. The van der Waals surface area contributed by atoms with Gasteiger partial charge in [0.15, 0.2) is 0 Å². The number of aromatic nitrogens is 2. The SMILES string of the molecule is CCCNC(CC)C(C)c1nc(C(C)(CC)OCC)no1. The van der Waals surface area contributed by atoms with E-state index in [0.29, 0.717) is 24.4 Å². The summed E-state index contributed by atoms with van der Waals surface area (Å²) in [5.74, 6) is 1.55. The molecule has 0 amide bonds. The number of hydrogen-bond acceptors (Lipinski definition) is 5. The minimum absolute atomic E-state index is 0.200. The van der Waals surface area contributed by atoms with Gasteiger partial charge in [-0.3, -0.25) is 0 Å². The normalized spacial score (nSPS) is 17.4. The molecule has 0 aliphatic rings. The maximum Gasteiger partial charge on any atom is 0.231 e. The molecule has 0 saturated heterocycles. The summed E-state index contributed by atoms with van der Waals surface area (Å²) in [6.07, 6.45) is 2.98. The molecule has 5 heteroatoms. The highest BCUT2D eigenvalue weighted by Crippen LogP contribution is 2.28. The highest BCUT2D eigenvalue weighted by molar-refractivity contribution is 5.03. The second-order valence-electron chi connectivity index (χ2n) is 5.73. The summed E-state index contributed by atoms with van der Waals surface area (Å²) >= 11 is 0. The van der Waals surface area contributed by atoms with E-state index < -0.39 is 5.60 Å². The van der Waals surface area contributed by atoms with E-state index in [1.54, 1.807) is 0 Å². The van der Waals surface area contributed by atoms with E-state index in [-0.39, 0.29) is 5.92 Å². The van der Waals surface area contributed by atoms with E-state index in [1.807, 2.05) is 13.8 Å². The zero-order valence-electron chi connectivity index (χ0n) is 14.4. The summed E-state index contributed by atoms with van der Waals surface area (Å²) in [5.41, 5.74) is -0.464. The Bertz CT molecular complexity index is 408. The third kappa shape index (κ3) is 4.51. The van der Waals surface area contributed by atoms with Crippen LogP contribution in [-0.4, -0.2) is 29.3 Å². The van der Waals surface area contributed by atoms with Gasteiger partial charge >= 0.3 is 0 Å². The second-order valence-corrected chi connectivity index (χ2v) is 5.73. The van der Waals surface area contributed by atoms with Crippen LogP contribution < -0.4 is 5.32 Å². The van der Waals surface area contributed by atoms with E-state index in [9.17, 15) is 0 Å². The van der Waals surface area contributed by atoms with Gasteiger partial charge < -0.3 is 14.6 Å². The lowest BCUT2D eigenvalue weighted by atomic mass is 9.99. The van der Waals surface area contributed by atoms with Gasteiger partial charge in [0.2, 0.25) is 11.7 Å². The van der Waals surface area contributed by atoms with Crippen LogP contribution in [0.25, 0.3) is 0 Å². The maximum atomic E-state index is 5.81. The largest absolute Gasteiger partial charge is 0.367 e. The number of ether oxygens (including phenoxy) is 1. The van der Waals surface area contributed by atoms with E-state index >= 15 is 0 Å². The van der Waals surface area contributed by atoms with Crippen LogP contribution in [-0.2, 0) is 10.3 Å². The van der Waals surface area contributed by atoms with Gasteiger partial charge in [-0.15, -0.1) is 0 Å². The van der Waals surface area contributed by atoms with Gasteiger partial charge in [0, 0.05) is 12.6 Å². The Morgan fingerprint density at radius 1 is 1.29 bits per heavy atom. The van der Waals surface area contributed by atoms with Crippen molar-refractivity contribution in [2.24, 2.45) is 0 Å². The summed E-state index contributed by atoms with van der Waals surface area (Å²) in [5, 5.41) is 7.70. The van der Waals surface area contributed by atoms with Gasteiger partial charge in [0.1, 0.15) is 5.60 Å². The van der Waals surface area contributed by atoms with Crippen molar-refractivity contribution in [3.05, 3.63) is 11.7 Å². The summed E-state index contributed by atoms with van der Waals surface area (Å²) in [7, 11) is 0. The minimum Gasteiger partial charge on any atom is -0.367 e. The molecule has 5 nitrogen and oxygen atoms in total. The molecule has 0 bridgehead atoms. The second kappa shape index (κ2) is 8.49. The molecular weight excluding hydrogens is 266 g/mol. The van der Waals surface area contributed by atoms with Gasteiger partial charge in [-0.2, -0.15) is 4.98 Å². The molecule has 0 aliphatic carbocycles. The highest BCUT2D eigenvalue weighted by atomic mass is 16.5. The fraction of sp³-hybridized carbons (Fsp3) is 0.875.